The molecule has 0 aromatic carbocycles. The van der Waals surface area contributed by atoms with Crippen molar-refractivity contribution in [3.63, 3.8) is 0 Å². The Hall–Kier alpha value is -2.05. The number of nitrogens with two attached hydrogens (primary N) is 1. The van der Waals surface area contributed by atoms with Crippen molar-refractivity contribution in [1.82, 2.24) is 9.55 Å². The van der Waals surface area contributed by atoms with Gasteiger partial charge in [-0.05, 0) is 56.3 Å². The van der Waals surface area contributed by atoms with Gasteiger partial charge in [0.25, 0.3) is 5.56 Å². The van der Waals surface area contributed by atoms with Crippen LogP contribution in [0.25, 0.3) is 0 Å². The molecule has 7 heteroatoms. The summed E-state index contributed by atoms with van der Waals surface area (Å²) in [6.45, 7) is 2.32. The predicted molar refractivity (Wildman–Crippen MR) is 95.3 cm³/mol. The lowest BCUT2D eigenvalue weighted by atomic mass is 9.75. The molecular formula is C18H26N4O3. The van der Waals surface area contributed by atoms with Crippen LogP contribution in [0.3, 0.4) is 0 Å². The number of unbranched alkanes of at least 4 members (excludes halogenated alkanes) is 1. The van der Waals surface area contributed by atoms with Gasteiger partial charge in [-0.15, -0.1) is 0 Å². The zero-order chi connectivity index (χ0) is 17.8. The Morgan fingerprint density at radius 2 is 1.96 bits per heavy atom. The largest absolute Gasteiger partial charge is 0.383 e. The van der Waals surface area contributed by atoms with Gasteiger partial charge in [-0.3, -0.25) is 19.1 Å². The lowest BCUT2D eigenvalue weighted by Crippen LogP contribution is -2.42. The molecule has 0 saturated heterocycles. The molecular weight excluding hydrogens is 320 g/mol. The van der Waals surface area contributed by atoms with Gasteiger partial charge in [-0.25, -0.2) is 4.79 Å². The van der Waals surface area contributed by atoms with Crippen LogP contribution in [0.15, 0.2) is 9.59 Å². The van der Waals surface area contributed by atoms with Gasteiger partial charge in [-0.1, -0.05) is 13.3 Å². The molecule has 2 unspecified atom stereocenters. The summed E-state index contributed by atoms with van der Waals surface area (Å²) in [5.74, 6) is 1.60. The first-order valence-corrected chi connectivity index (χ1v) is 9.38. The van der Waals surface area contributed by atoms with Crippen molar-refractivity contribution in [2.45, 2.75) is 58.4 Å². The first-order valence-electron chi connectivity index (χ1n) is 9.38. The van der Waals surface area contributed by atoms with Crippen LogP contribution in [-0.2, 0) is 11.3 Å². The third-order valence-corrected chi connectivity index (χ3v) is 6.63. The molecule has 4 fully saturated rings. The van der Waals surface area contributed by atoms with Crippen LogP contribution in [0.5, 0.6) is 0 Å². The maximum absolute atomic E-state index is 13.1. The van der Waals surface area contributed by atoms with E-state index in [0.29, 0.717) is 24.3 Å². The summed E-state index contributed by atoms with van der Waals surface area (Å²) in [6, 6.07) is 0. The summed E-state index contributed by atoms with van der Waals surface area (Å²) >= 11 is 0. The van der Waals surface area contributed by atoms with Crippen molar-refractivity contribution in [1.29, 1.82) is 0 Å². The van der Waals surface area contributed by atoms with Gasteiger partial charge in [-0.2, -0.15) is 0 Å². The van der Waals surface area contributed by atoms with Gasteiger partial charge in [0.05, 0.1) is 5.41 Å². The van der Waals surface area contributed by atoms with E-state index in [4.69, 9.17) is 5.73 Å². The molecule has 1 amide bonds. The molecule has 4 aliphatic carbocycles. The molecule has 4 saturated carbocycles. The van der Waals surface area contributed by atoms with Crippen LogP contribution >= 0.6 is 0 Å². The zero-order valence-corrected chi connectivity index (χ0v) is 14.6. The number of anilines is 2. The number of hydrogen-bond donors (Lipinski definition) is 3. The zero-order valence-electron chi connectivity index (χ0n) is 14.6. The summed E-state index contributed by atoms with van der Waals surface area (Å²) in [5.41, 5.74) is 4.52. The molecule has 4 aliphatic rings. The van der Waals surface area contributed by atoms with Crippen LogP contribution in [0, 0.1) is 23.2 Å². The summed E-state index contributed by atoms with van der Waals surface area (Å²) in [5, 5.41) is 2.80. The first kappa shape index (κ1) is 16.4. The standard InChI is InChI=1S/C18H26N4O3/c1-2-3-4-22-15(23)13(14(19)21-17(22)25)20-16(24)18-8-10-5-11(9-18)7-12(18)6-10/h10-12H,2-9,19H2,1H3,(H,20,24)(H,21,25). The fourth-order valence-electron chi connectivity index (χ4n) is 5.63. The third-order valence-electron chi connectivity index (χ3n) is 6.63. The Morgan fingerprint density at radius 1 is 1.28 bits per heavy atom. The highest BCUT2D eigenvalue weighted by Crippen LogP contribution is 2.65. The van der Waals surface area contributed by atoms with Gasteiger partial charge < -0.3 is 11.1 Å². The number of nitrogen functional groups attached to an aromatic ring is 1. The molecule has 1 aromatic rings. The Kier molecular flexibility index (Phi) is 3.77. The summed E-state index contributed by atoms with van der Waals surface area (Å²) < 4.78 is 1.13. The minimum Gasteiger partial charge on any atom is -0.383 e. The number of nitrogens with zero attached hydrogens (tertiary/aromatic N) is 1. The van der Waals surface area contributed by atoms with E-state index in [-0.39, 0.29) is 22.8 Å². The van der Waals surface area contributed by atoms with Gasteiger partial charge >= 0.3 is 5.69 Å². The molecule has 0 radical (unpaired) electrons. The number of nitrogens with one attached hydrogen (secondary N) is 2. The van der Waals surface area contributed by atoms with E-state index in [9.17, 15) is 14.4 Å². The second-order valence-corrected chi connectivity index (χ2v) is 8.18. The van der Waals surface area contributed by atoms with Crippen LogP contribution in [0.1, 0.15) is 51.9 Å². The number of rotatable bonds is 5. The van der Waals surface area contributed by atoms with E-state index in [0.717, 1.165) is 43.1 Å². The maximum Gasteiger partial charge on any atom is 0.330 e. The van der Waals surface area contributed by atoms with Crippen molar-refractivity contribution in [2.24, 2.45) is 23.2 Å². The number of hydrogen-bond acceptors (Lipinski definition) is 4. The molecule has 1 aromatic heterocycles. The second kappa shape index (κ2) is 5.75. The van der Waals surface area contributed by atoms with E-state index in [1.807, 2.05) is 6.92 Å². The SMILES string of the molecule is CCCCn1c(=O)[nH]c(N)c(NC(=O)C23CC4CC(CC2C4)C3)c1=O. The molecule has 0 aliphatic heterocycles. The molecule has 2 atom stereocenters. The Labute approximate surface area is 146 Å². The lowest BCUT2D eigenvalue weighted by Gasteiger charge is -2.31. The monoisotopic (exact) mass is 346 g/mol. The molecule has 1 heterocycles. The van der Waals surface area contributed by atoms with E-state index in [1.54, 1.807) is 0 Å². The van der Waals surface area contributed by atoms with E-state index in [1.165, 1.54) is 6.42 Å². The molecule has 7 nitrogen and oxygen atoms in total. The van der Waals surface area contributed by atoms with E-state index >= 15 is 0 Å². The van der Waals surface area contributed by atoms with Crippen molar-refractivity contribution < 1.29 is 4.79 Å². The Bertz CT molecular complexity index is 811. The maximum atomic E-state index is 13.1. The summed E-state index contributed by atoms with van der Waals surface area (Å²) in [6.07, 6.45) is 6.94. The Balaban J connectivity index is 1.64. The van der Waals surface area contributed by atoms with Gasteiger partial charge in [0, 0.05) is 6.54 Å². The quantitative estimate of drug-likeness (QED) is 0.753. The summed E-state index contributed by atoms with van der Waals surface area (Å²) in [4.78, 5) is 40.3. The van der Waals surface area contributed by atoms with Crippen molar-refractivity contribution in [2.75, 3.05) is 11.1 Å². The lowest BCUT2D eigenvalue weighted by molar-refractivity contribution is -0.127. The number of carbonyl (C=O) groups is 1. The minimum absolute atomic E-state index is 0.0290. The number of aromatic amines is 1. The van der Waals surface area contributed by atoms with E-state index in [2.05, 4.69) is 10.3 Å². The molecule has 5 rings (SSSR count). The number of carbonyl (C=O) groups excluding carboxylic acids is 1. The number of aromatic nitrogens is 2. The average molecular weight is 346 g/mol. The highest BCUT2D eigenvalue weighted by atomic mass is 16.2. The fourth-order valence-corrected chi connectivity index (χ4v) is 5.63. The van der Waals surface area contributed by atoms with Crippen LogP contribution < -0.4 is 22.3 Å². The van der Waals surface area contributed by atoms with Crippen molar-refractivity contribution >= 4 is 17.4 Å². The number of amides is 1. The van der Waals surface area contributed by atoms with Gasteiger partial charge in [0.1, 0.15) is 11.5 Å². The van der Waals surface area contributed by atoms with Gasteiger partial charge in [0.2, 0.25) is 5.91 Å². The fraction of sp³-hybridized carbons (Fsp3) is 0.722. The minimum atomic E-state index is -0.520. The third kappa shape index (κ3) is 2.43. The van der Waals surface area contributed by atoms with Crippen molar-refractivity contribution in [3.8, 4) is 0 Å². The van der Waals surface area contributed by atoms with Crippen LogP contribution in [0.2, 0.25) is 0 Å². The van der Waals surface area contributed by atoms with Gasteiger partial charge in [0.15, 0.2) is 0 Å². The normalized spacial score (nSPS) is 32.3. The molecule has 4 bridgehead atoms. The smallest absolute Gasteiger partial charge is 0.330 e. The molecule has 4 N–H and O–H groups in total. The highest BCUT2D eigenvalue weighted by molar-refractivity contribution is 5.97. The molecule has 0 spiro atoms. The van der Waals surface area contributed by atoms with Crippen molar-refractivity contribution in [3.05, 3.63) is 20.8 Å². The topological polar surface area (TPSA) is 110 Å². The van der Waals surface area contributed by atoms with Crippen LogP contribution in [-0.4, -0.2) is 15.5 Å². The summed E-state index contributed by atoms with van der Waals surface area (Å²) in [7, 11) is 0. The predicted octanol–water partition coefficient (Wildman–Crippen LogP) is 1.68. The first-order chi connectivity index (χ1) is 11.9. The second-order valence-electron chi connectivity index (χ2n) is 8.18. The van der Waals surface area contributed by atoms with Crippen LogP contribution in [0.4, 0.5) is 11.5 Å². The molecule has 136 valence electrons. The molecule has 25 heavy (non-hydrogen) atoms. The average Bonchev–Trinajstić information content (AvgIpc) is 2.96. The van der Waals surface area contributed by atoms with E-state index < -0.39 is 11.2 Å². The number of H-pyrrole nitrogens is 1. The highest BCUT2D eigenvalue weighted by Gasteiger charge is 2.61. The Morgan fingerprint density at radius 3 is 2.60 bits per heavy atom.